The van der Waals surface area contributed by atoms with Gasteiger partial charge in [0.25, 0.3) is 0 Å². The number of thiophene rings is 1. The fraction of sp³-hybridized carbons (Fsp3) is 0.188. The second-order valence-electron chi connectivity index (χ2n) is 4.87. The lowest BCUT2D eigenvalue weighted by atomic mass is 10.0. The summed E-state index contributed by atoms with van der Waals surface area (Å²) in [5, 5.41) is 6.77. The third-order valence-corrected chi connectivity index (χ3v) is 5.06. The minimum atomic E-state index is 0.697. The highest BCUT2D eigenvalue weighted by Crippen LogP contribution is 2.40. The number of aromatic nitrogens is 2. The van der Waals surface area contributed by atoms with Crippen LogP contribution in [-0.2, 0) is 13.5 Å². The van der Waals surface area contributed by atoms with Gasteiger partial charge in [-0.05, 0) is 41.1 Å². The van der Waals surface area contributed by atoms with Crippen LogP contribution in [0.2, 0.25) is 0 Å². The molecule has 0 bridgehead atoms. The molecule has 2 N–H and O–H groups in total. The molecule has 0 saturated carbocycles. The van der Waals surface area contributed by atoms with Crippen LogP contribution in [0.15, 0.2) is 40.2 Å². The molecule has 5 heteroatoms. The Kier molecular flexibility index (Phi) is 3.87. The Hall–Kier alpha value is -1.59. The first kappa shape index (κ1) is 14.4. The van der Waals surface area contributed by atoms with E-state index in [9.17, 15) is 0 Å². The third kappa shape index (κ3) is 2.51. The number of hydrogen-bond donors (Lipinski definition) is 1. The average molecular weight is 362 g/mol. The first-order valence-electron chi connectivity index (χ1n) is 6.77. The molecule has 3 rings (SSSR count). The van der Waals surface area contributed by atoms with E-state index in [1.165, 1.54) is 10.4 Å². The average Bonchev–Trinajstić information content (AvgIpc) is 3.06. The highest BCUT2D eigenvalue weighted by molar-refractivity contribution is 9.10. The molecular formula is C16H16BrN3S. The van der Waals surface area contributed by atoms with E-state index in [0.717, 1.165) is 27.7 Å². The standard InChI is InChI=1S/C16H16BrN3S/c1-3-10-8-9-21-15(10)14-13(16(18)20(2)19-14)11-4-6-12(17)7-5-11/h4-9H,3,18H2,1-2H3. The number of aryl methyl sites for hydroxylation is 2. The molecule has 0 aliphatic heterocycles. The van der Waals surface area contributed by atoms with Gasteiger partial charge >= 0.3 is 0 Å². The predicted molar refractivity (Wildman–Crippen MR) is 93.4 cm³/mol. The summed E-state index contributed by atoms with van der Waals surface area (Å²) in [6.45, 7) is 2.16. The third-order valence-electron chi connectivity index (χ3n) is 3.57. The summed E-state index contributed by atoms with van der Waals surface area (Å²) in [4.78, 5) is 1.21. The monoisotopic (exact) mass is 361 g/mol. The Balaban J connectivity index is 2.23. The first-order valence-corrected chi connectivity index (χ1v) is 8.44. The molecule has 3 aromatic rings. The van der Waals surface area contributed by atoms with Gasteiger partial charge in [-0.3, -0.25) is 4.68 Å². The molecule has 2 heterocycles. The summed E-state index contributed by atoms with van der Waals surface area (Å²) in [5.74, 6) is 0.697. The molecule has 2 aromatic heterocycles. The van der Waals surface area contributed by atoms with Gasteiger partial charge in [-0.1, -0.05) is 35.0 Å². The number of halogens is 1. The van der Waals surface area contributed by atoms with E-state index in [1.54, 1.807) is 16.0 Å². The lowest BCUT2D eigenvalue weighted by Crippen LogP contribution is -1.97. The molecule has 1 aromatic carbocycles. The van der Waals surface area contributed by atoms with E-state index in [2.05, 4.69) is 51.5 Å². The van der Waals surface area contributed by atoms with Crippen molar-refractivity contribution in [2.45, 2.75) is 13.3 Å². The number of nitrogens with two attached hydrogens (primary N) is 1. The van der Waals surface area contributed by atoms with Gasteiger partial charge in [0.1, 0.15) is 11.5 Å². The number of benzene rings is 1. The van der Waals surface area contributed by atoms with E-state index in [4.69, 9.17) is 5.73 Å². The van der Waals surface area contributed by atoms with Crippen LogP contribution in [0.25, 0.3) is 21.7 Å². The number of rotatable bonds is 3. The van der Waals surface area contributed by atoms with Gasteiger partial charge in [-0.2, -0.15) is 5.10 Å². The normalized spacial score (nSPS) is 11.0. The molecule has 0 amide bonds. The Morgan fingerprint density at radius 2 is 1.95 bits per heavy atom. The van der Waals surface area contributed by atoms with Crippen molar-refractivity contribution >= 4 is 33.1 Å². The molecule has 0 atom stereocenters. The molecule has 0 fully saturated rings. The van der Waals surface area contributed by atoms with Crippen molar-refractivity contribution in [3.63, 3.8) is 0 Å². The van der Waals surface area contributed by atoms with Crippen molar-refractivity contribution in [2.75, 3.05) is 5.73 Å². The molecule has 0 radical (unpaired) electrons. The van der Waals surface area contributed by atoms with Crippen LogP contribution < -0.4 is 5.73 Å². The quantitative estimate of drug-likeness (QED) is 0.733. The van der Waals surface area contributed by atoms with Crippen LogP contribution >= 0.6 is 27.3 Å². The van der Waals surface area contributed by atoms with Crippen LogP contribution in [0.1, 0.15) is 12.5 Å². The van der Waals surface area contributed by atoms with E-state index in [1.807, 2.05) is 19.2 Å². The molecule has 108 valence electrons. The molecule has 0 saturated heterocycles. The van der Waals surface area contributed by atoms with Gasteiger partial charge in [0.2, 0.25) is 0 Å². The Labute approximate surface area is 136 Å². The summed E-state index contributed by atoms with van der Waals surface area (Å²) >= 11 is 5.19. The van der Waals surface area contributed by atoms with Crippen LogP contribution in [0, 0.1) is 0 Å². The van der Waals surface area contributed by atoms with Crippen LogP contribution in [0.4, 0.5) is 5.82 Å². The number of nitrogen functional groups attached to an aromatic ring is 1. The highest BCUT2D eigenvalue weighted by atomic mass is 79.9. The van der Waals surface area contributed by atoms with Crippen molar-refractivity contribution in [1.82, 2.24) is 9.78 Å². The number of nitrogens with zero attached hydrogens (tertiary/aromatic N) is 2. The molecule has 3 nitrogen and oxygen atoms in total. The van der Waals surface area contributed by atoms with Crippen molar-refractivity contribution in [1.29, 1.82) is 0 Å². The molecule has 0 aliphatic carbocycles. The van der Waals surface area contributed by atoms with Gasteiger partial charge < -0.3 is 5.73 Å². The minimum absolute atomic E-state index is 0.697. The van der Waals surface area contributed by atoms with Gasteiger partial charge in [0.15, 0.2) is 0 Å². The number of anilines is 1. The van der Waals surface area contributed by atoms with Crippen molar-refractivity contribution in [3.8, 4) is 21.7 Å². The zero-order chi connectivity index (χ0) is 15.0. The highest BCUT2D eigenvalue weighted by Gasteiger charge is 2.20. The topological polar surface area (TPSA) is 43.8 Å². The first-order chi connectivity index (χ1) is 10.1. The Morgan fingerprint density at radius 3 is 2.62 bits per heavy atom. The molecular weight excluding hydrogens is 346 g/mol. The van der Waals surface area contributed by atoms with Crippen LogP contribution in [-0.4, -0.2) is 9.78 Å². The molecule has 0 aliphatic rings. The van der Waals surface area contributed by atoms with Crippen LogP contribution in [0.3, 0.4) is 0 Å². The lowest BCUT2D eigenvalue weighted by Gasteiger charge is -2.05. The Bertz CT molecular complexity index is 771. The summed E-state index contributed by atoms with van der Waals surface area (Å²) < 4.78 is 2.81. The maximum absolute atomic E-state index is 6.26. The van der Waals surface area contributed by atoms with Crippen molar-refractivity contribution in [2.24, 2.45) is 7.05 Å². The molecule has 0 unspecified atom stereocenters. The van der Waals surface area contributed by atoms with E-state index in [0.29, 0.717) is 5.82 Å². The molecule has 0 spiro atoms. The van der Waals surface area contributed by atoms with Gasteiger partial charge in [-0.15, -0.1) is 11.3 Å². The largest absolute Gasteiger partial charge is 0.383 e. The van der Waals surface area contributed by atoms with E-state index < -0.39 is 0 Å². The van der Waals surface area contributed by atoms with Gasteiger partial charge in [0, 0.05) is 11.5 Å². The van der Waals surface area contributed by atoms with Crippen molar-refractivity contribution in [3.05, 3.63) is 45.7 Å². The number of hydrogen-bond acceptors (Lipinski definition) is 3. The maximum atomic E-state index is 6.26. The minimum Gasteiger partial charge on any atom is -0.383 e. The van der Waals surface area contributed by atoms with E-state index >= 15 is 0 Å². The summed E-state index contributed by atoms with van der Waals surface area (Å²) in [7, 11) is 1.89. The van der Waals surface area contributed by atoms with Crippen LogP contribution in [0.5, 0.6) is 0 Å². The SMILES string of the molecule is CCc1ccsc1-c1nn(C)c(N)c1-c1ccc(Br)cc1. The second-order valence-corrected chi connectivity index (χ2v) is 6.70. The van der Waals surface area contributed by atoms with Gasteiger partial charge in [-0.25, -0.2) is 0 Å². The Morgan fingerprint density at radius 1 is 1.24 bits per heavy atom. The summed E-state index contributed by atoms with van der Waals surface area (Å²) in [6, 6.07) is 10.4. The maximum Gasteiger partial charge on any atom is 0.129 e. The fourth-order valence-corrected chi connectivity index (χ4v) is 3.67. The zero-order valence-electron chi connectivity index (χ0n) is 11.9. The lowest BCUT2D eigenvalue weighted by molar-refractivity contribution is 0.782. The summed E-state index contributed by atoms with van der Waals surface area (Å²) in [6.07, 6.45) is 0.995. The molecule has 21 heavy (non-hydrogen) atoms. The fourth-order valence-electron chi connectivity index (χ4n) is 2.42. The summed E-state index contributed by atoms with van der Waals surface area (Å²) in [5.41, 5.74) is 10.7. The predicted octanol–water partition coefficient (Wildman–Crippen LogP) is 4.72. The smallest absolute Gasteiger partial charge is 0.129 e. The second kappa shape index (κ2) is 5.66. The van der Waals surface area contributed by atoms with Gasteiger partial charge in [0.05, 0.1) is 10.4 Å². The zero-order valence-corrected chi connectivity index (χ0v) is 14.3. The van der Waals surface area contributed by atoms with E-state index in [-0.39, 0.29) is 0 Å². The van der Waals surface area contributed by atoms with Crippen molar-refractivity contribution < 1.29 is 0 Å².